The quantitative estimate of drug-likeness (QED) is 0.132. The Morgan fingerprint density at radius 3 is 2.55 bits per heavy atom. The monoisotopic (exact) mass is 533 g/mol. The molecule has 0 heterocycles. The number of carbonyl (C=O) groups is 2. The molecule has 0 radical (unpaired) electrons. The molecule has 7 nitrogen and oxygen atoms in total. The van der Waals surface area contributed by atoms with E-state index in [4.69, 9.17) is 9.47 Å². The highest BCUT2D eigenvalue weighted by Gasteiger charge is 2.98. The average Bonchev–Trinajstić information content (AvgIpc) is 3.50. The van der Waals surface area contributed by atoms with Crippen LogP contribution < -0.4 is 0 Å². The van der Waals surface area contributed by atoms with Crippen LogP contribution in [0.3, 0.4) is 0 Å². The van der Waals surface area contributed by atoms with Gasteiger partial charge in [-0.05, 0) is 64.6 Å². The smallest absolute Gasteiger partial charge is 0.338 e. The number of hydrogen-bond acceptors (Lipinski definition) is 6. The van der Waals surface area contributed by atoms with E-state index in [1.165, 1.54) is 59.0 Å². The van der Waals surface area contributed by atoms with E-state index in [2.05, 4.69) is 54.6 Å². The number of esters is 2. The van der Waals surface area contributed by atoms with E-state index >= 15 is 0 Å². The van der Waals surface area contributed by atoms with Crippen molar-refractivity contribution in [1.29, 1.82) is 0 Å². The third-order valence-electron chi connectivity index (χ3n) is 10.5. The summed E-state index contributed by atoms with van der Waals surface area (Å²) in [7, 11) is 0. The van der Waals surface area contributed by atoms with Crippen LogP contribution in [0, 0.1) is 26.9 Å². The zero-order chi connectivity index (χ0) is 27.5. The highest BCUT2D eigenvalue weighted by Crippen LogP contribution is 2.95. The van der Waals surface area contributed by atoms with Gasteiger partial charge in [0.15, 0.2) is 0 Å². The van der Waals surface area contributed by atoms with E-state index in [1.54, 1.807) is 0 Å². The molecule has 200 valence electrons. The topological polar surface area (TPSA) is 95.7 Å². The van der Waals surface area contributed by atoms with E-state index in [-0.39, 0.29) is 40.6 Å². The van der Waals surface area contributed by atoms with E-state index in [9.17, 15) is 19.7 Å². The van der Waals surface area contributed by atoms with Gasteiger partial charge in [-0.15, -0.1) is 0 Å². The largest absolute Gasteiger partial charge is 0.465 e. The van der Waals surface area contributed by atoms with Gasteiger partial charge in [-0.2, -0.15) is 0 Å². The summed E-state index contributed by atoms with van der Waals surface area (Å²) in [5, 5.41) is 11.1. The summed E-state index contributed by atoms with van der Waals surface area (Å²) in [5.74, 6) is -0.758. The molecule has 3 aromatic rings. The number of non-ortho nitro benzene ring substituents is 1. The van der Waals surface area contributed by atoms with E-state index < -0.39 is 21.9 Å². The lowest BCUT2D eigenvalue weighted by molar-refractivity contribution is -0.384. The average molecular weight is 534 g/mol. The fourth-order valence-corrected chi connectivity index (χ4v) is 9.01. The van der Waals surface area contributed by atoms with Gasteiger partial charge >= 0.3 is 11.9 Å². The number of benzene rings is 3. The SMILES string of the molecule is CC(=O)OC[C@@]12CC34CC=C[C@]3(c3ccc5c(c3)Cc3ccccc3-5)[C@H]4[C@]1(OC(=O)c1ccc([N+](=O)[O-])cc1)C2. The number of nitrogens with zero attached hydrogens (tertiary/aromatic N) is 1. The summed E-state index contributed by atoms with van der Waals surface area (Å²) < 4.78 is 12.0. The van der Waals surface area contributed by atoms with Gasteiger partial charge in [-0.25, -0.2) is 4.79 Å². The second-order valence-corrected chi connectivity index (χ2v) is 12.3. The lowest BCUT2D eigenvalue weighted by Gasteiger charge is -2.29. The molecular formula is C33H27NO6. The molecule has 0 amide bonds. The molecule has 0 bridgehead atoms. The van der Waals surface area contributed by atoms with Crippen LogP contribution in [-0.4, -0.2) is 29.1 Å². The summed E-state index contributed by atoms with van der Waals surface area (Å²) in [6, 6.07) is 20.9. The predicted molar refractivity (Wildman–Crippen MR) is 146 cm³/mol. The van der Waals surface area contributed by atoms with Crippen molar-refractivity contribution in [1.82, 2.24) is 0 Å². The van der Waals surface area contributed by atoms with Crippen LogP contribution in [-0.2, 0) is 26.1 Å². The standard InChI is InChI=1S/C33H27NO6/c1-20(35)39-19-30-17-31-13-4-14-32(31,24-9-12-27-23(16-24)15-22-5-2-3-6-26(22)27)29(31)33(30,18-30)40-28(36)21-7-10-25(11-8-21)34(37)38/h2-12,14,16,29H,13,15,17-19H2,1H3/t29-,30-,31?,32-,33+/m0/s1. The normalized spacial score (nSPS) is 32.8. The summed E-state index contributed by atoms with van der Waals surface area (Å²) in [6.07, 6.45) is 7.85. The number of carbonyl (C=O) groups excluding carboxylic acids is 2. The van der Waals surface area contributed by atoms with E-state index in [0.717, 1.165) is 19.3 Å². The molecule has 8 rings (SSSR count). The fraction of sp³-hybridized carbons (Fsp3) is 0.333. The Balaban J connectivity index is 1.16. The van der Waals surface area contributed by atoms with Gasteiger partial charge < -0.3 is 9.47 Å². The third-order valence-corrected chi connectivity index (χ3v) is 10.5. The first-order chi connectivity index (χ1) is 19.3. The zero-order valence-corrected chi connectivity index (χ0v) is 22.0. The summed E-state index contributed by atoms with van der Waals surface area (Å²) in [4.78, 5) is 35.9. The summed E-state index contributed by atoms with van der Waals surface area (Å²) in [6.45, 7) is 1.63. The number of rotatable bonds is 6. The summed E-state index contributed by atoms with van der Waals surface area (Å²) in [5.41, 5.74) is 5.22. The van der Waals surface area contributed by atoms with Gasteiger partial charge in [0.2, 0.25) is 0 Å². The molecule has 3 aromatic carbocycles. The molecule has 1 unspecified atom stereocenters. The molecule has 7 heteroatoms. The van der Waals surface area contributed by atoms with Gasteiger partial charge in [0, 0.05) is 42.2 Å². The van der Waals surface area contributed by atoms with E-state index in [0.29, 0.717) is 6.42 Å². The molecule has 0 aliphatic heterocycles. The molecule has 5 aliphatic carbocycles. The van der Waals surface area contributed by atoms with Gasteiger partial charge in [-0.3, -0.25) is 14.9 Å². The lowest BCUT2D eigenvalue weighted by atomic mass is 9.79. The molecule has 40 heavy (non-hydrogen) atoms. The maximum atomic E-state index is 13.5. The number of nitro groups is 1. The molecule has 5 atom stereocenters. The molecular weight excluding hydrogens is 506 g/mol. The van der Waals surface area contributed by atoms with Crippen molar-refractivity contribution in [2.75, 3.05) is 6.61 Å². The Bertz CT molecular complexity index is 1690. The Morgan fingerprint density at radius 2 is 1.77 bits per heavy atom. The fourth-order valence-electron chi connectivity index (χ4n) is 9.01. The van der Waals surface area contributed by atoms with Crippen LogP contribution in [0.5, 0.6) is 0 Å². The lowest BCUT2D eigenvalue weighted by Crippen LogP contribution is -2.34. The van der Waals surface area contributed by atoms with Crippen molar-refractivity contribution in [2.45, 2.75) is 43.6 Å². The molecule has 5 aliphatic rings. The minimum absolute atomic E-state index is 0.0789. The maximum Gasteiger partial charge on any atom is 0.338 e. The van der Waals surface area contributed by atoms with Crippen LogP contribution in [0.2, 0.25) is 0 Å². The minimum atomic E-state index is -0.756. The van der Waals surface area contributed by atoms with Crippen molar-refractivity contribution in [3.8, 4) is 11.1 Å². The van der Waals surface area contributed by atoms with Crippen LogP contribution in [0.25, 0.3) is 11.1 Å². The summed E-state index contributed by atoms with van der Waals surface area (Å²) >= 11 is 0. The zero-order valence-electron chi connectivity index (χ0n) is 22.0. The first-order valence-corrected chi connectivity index (χ1v) is 13.8. The van der Waals surface area contributed by atoms with Gasteiger partial charge in [0.1, 0.15) is 12.2 Å². The minimum Gasteiger partial charge on any atom is -0.465 e. The van der Waals surface area contributed by atoms with Crippen LogP contribution in [0.4, 0.5) is 5.69 Å². The second-order valence-electron chi connectivity index (χ2n) is 12.3. The molecule has 3 saturated carbocycles. The highest BCUT2D eigenvalue weighted by atomic mass is 16.6. The predicted octanol–water partition coefficient (Wildman–Crippen LogP) is 5.93. The van der Waals surface area contributed by atoms with Crippen molar-refractivity contribution < 1.29 is 24.0 Å². The van der Waals surface area contributed by atoms with Crippen molar-refractivity contribution in [3.05, 3.63) is 111 Å². The van der Waals surface area contributed by atoms with Crippen LogP contribution >= 0.6 is 0 Å². The Hall–Kier alpha value is -4.26. The van der Waals surface area contributed by atoms with Crippen molar-refractivity contribution >= 4 is 17.6 Å². The Labute approximate surface area is 231 Å². The first-order valence-electron chi connectivity index (χ1n) is 13.8. The maximum absolute atomic E-state index is 13.5. The van der Waals surface area contributed by atoms with Gasteiger partial charge in [-0.1, -0.05) is 54.6 Å². The number of hydrogen-bond donors (Lipinski definition) is 0. The Kier molecular flexibility index (Phi) is 4.41. The first kappa shape index (κ1) is 23.6. The highest BCUT2D eigenvalue weighted by molar-refractivity contribution is 5.90. The molecule has 0 saturated heterocycles. The van der Waals surface area contributed by atoms with Crippen LogP contribution in [0.15, 0.2) is 78.9 Å². The molecule has 0 N–H and O–H groups in total. The van der Waals surface area contributed by atoms with E-state index in [1.807, 2.05) is 0 Å². The molecule has 3 fully saturated rings. The number of nitro benzene ring substituents is 1. The van der Waals surface area contributed by atoms with Crippen LogP contribution in [0.1, 0.15) is 53.2 Å². The second kappa shape index (κ2) is 7.47. The Morgan fingerprint density at radius 1 is 1.00 bits per heavy atom. The molecule has 1 spiro atoms. The molecule has 0 aromatic heterocycles. The van der Waals surface area contributed by atoms with Gasteiger partial charge in [0.25, 0.3) is 5.69 Å². The third kappa shape index (κ3) is 2.75. The number of ether oxygens (including phenoxy) is 2. The number of fused-ring (bicyclic) bond motifs is 6. The van der Waals surface area contributed by atoms with Crippen molar-refractivity contribution in [3.63, 3.8) is 0 Å². The van der Waals surface area contributed by atoms with Crippen molar-refractivity contribution in [2.24, 2.45) is 16.7 Å². The van der Waals surface area contributed by atoms with Gasteiger partial charge in [0.05, 0.1) is 10.5 Å². The number of allylic oxidation sites excluding steroid dienone is 2.